The van der Waals surface area contributed by atoms with E-state index in [0.29, 0.717) is 58.1 Å². The number of benzene rings is 4. The molecule has 0 radical (unpaired) electrons. The molecular weight excluding hydrogens is 1080 g/mol. The number of hydrogen-bond acceptors (Lipinski definition) is 13. The molecule has 0 saturated carbocycles. The predicted octanol–water partition coefficient (Wildman–Crippen LogP) is 2.41. The van der Waals surface area contributed by atoms with Gasteiger partial charge >= 0.3 is 13.3 Å². The van der Waals surface area contributed by atoms with E-state index >= 15 is 0 Å². The van der Waals surface area contributed by atoms with Gasteiger partial charge in [-0.3, -0.25) is 62.3 Å². The lowest BCUT2D eigenvalue weighted by molar-refractivity contribution is -0.136. The number of H-pyrrole nitrogens is 1. The molecule has 420 valence electrons. The molecule has 2 unspecified atom stereocenters. The van der Waals surface area contributed by atoms with Crippen LogP contribution in [-0.4, -0.2) is 110 Å². The van der Waals surface area contributed by atoms with Gasteiger partial charge in [-0.2, -0.15) is 0 Å². The zero-order valence-electron chi connectivity index (χ0n) is 43.6. The number of carbonyl (C=O) groups is 8. The number of nitrogens with one attached hydrogen (secondary N) is 6. The molecule has 26 heteroatoms. The minimum absolute atomic E-state index is 0.0198. The Balaban J connectivity index is 0.904. The van der Waals surface area contributed by atoms with Crippen molar-refractivity contribution < 1.29 is 61.1 Å². The molecule has 10 N–H and O–H groups in total. The molecule has 24 nitrogen and oxygen atoms in total. The molecule has 2 aromatic heterocycles. The average molecular weight is 1140 g/mol. The number of fused-ring (bicyclic) bond motifs is 2. The molecule has 6 aromatic rings. The van der Waals surface area contributed by atoms with E-state index in [-0.39, 0.29) is 72.8 Å². The highest BCUT2D eigenvalue weighted by molar-refractivity contribution is 7.90. The summed E-state index contributed by atoms with van der Waals surface area (Å²) in [5.41, 5.74) is 9.26. The number of nitrogens with two attached hydrogens (primary N) is 1. The van der Waals surface area contributed by atoms with Crippen molar-refractivity contribution in [2.45, 2.75) is 106 Å². The van der Waals surface area contributed by atoms with Crippen LogP contribution in [0.4, 0.5) is 11.4 Å². The molecule has 0 aliphatic carbocycles. The highest BCUT2D eigenvalue weighted by Crippen LogP contribution is 2.42. The highest BCUT2D eigenvalue weighted by Gasteiger charge is 2.45. The third-order valence-electron chi connectivity index (χ3n) is 14.7. The Morgan fingerprint density at radius 1 is 0.863 bits per heavy atom. The van der Waals surface area contributed by atoms with Gasteiger partial charge in [-0.05, 0) is 122 Å². The van der Waals surface area contributed by atoms with Crippen molar-refractivity contribution in [2.24, 2.45) is 12.8 Å². The zero-order chi connectivity index (χ0) is 57.4. The first-order valence-corrected chi connectivity index (χ1v) is 29.4. The Hall–Kier alpha value is -8.25. The van der Waals surface area contributed by atoms with E-state index in [2.05, 4.69) is 31.6 Å². The summed E-state index contributed by atoms with van der Waals surface area (Å²) in [6.07, 6.45) is 4.44. The van der Waals surface area contributed by atoms with Crippen molar-refractivity contribution in [1.82, 2.24) is 35.4 Å². The lowest BCUT2D eigenvalue weighted by atomic mass is 9.95. The SMILES string of the molecule is Cn1c(=O)n(C2CCC(=O)NC2=O)c2ccc(NCCCCCc3cc4c5c(c3)C[C@@H](C(=O)NC(CCC(N)=O)C(=O)NCc3ccc(S(C)(=O)=O)cc3)N5C(=O)[C@@H](NC(=O)c3cc5cc(C(=O)P(=O)(O)O)ccc5[nH]3)CC4)cc21. The lowest BCUT2D eigenvalue weighted by Crippen LogP contribution is -2.57. The molecular formula is C54H59N10O14PS. The largest absolute Gasteiger partial charge is 0.396 e. The standard InChI is InChI=1S/C54H59N10O14PS/c1-62-43-27-35(11-17-41(43)63(54(62)73)42-18-20-46(66)61-50(42)69)56-21-5-3-4-6-30-22-31-9-15-39(60-49(68)40-25-33-24-32(10-14-37(33)58-40)53(72)79(74,75)76)52(71)64-44(26-34(23-30)47(31)64)51(70)59-38(16-19-45(55)65)48(67)57-28-29-7-12-36(13-8-29)80(2,77)78/h7-8,10-14,17,22-25,27,38-39,42,44,56,58H,3-6,9,15-16,18-21,26,28H2,1-2H3,(H2,55,65)(H,57,67)(H,59,70)(H,60,68)(H,61,66,69)(H2,74,75,76)/t38?,39-,42?,44-/m0/s1. The fourth-order valence-electron chi connectivity index (χ4n) is 10.6. The van der Waals surface area contributed by atoms with E-state index in [4.69, 9.17) is 5.73 Å². The number of imidazole rings is 1. The van der Waals surface area contributed by atoms with Gasteiger partial charge in [-0.1, -0.05) is 30.7 Å². The number of anilines is 2. The fraction of sp³-hybridized carbons (Fsp3) is 0.352. The minimum Gasteiger partial charge on any atom is -0.385 e. The van der Waals surface area contributed by atoms with Crippen LogP contribution in [0.3, 0.4) is 0 Å². The van der Waals surface area contributed by atoms with Crippen LogP contribution in [0, 0.1) is 0 Å². The Morgan fingerprint density at radius 2 is 1.61 bits per heavy atom. The van der Waals surface area contributed by atoms with Crippen LogP contribution in [0.2, 0.25) is 0 Å². The van der Waals surface area contributed by atoms with E-state index in [1.165, 1.54) is 62.6 Å². The number of sulfone groups is 1. The Kier molecular flexibility index (Phi) is 16.1. The highest BCUT2D eigenvalue weighted by atomic mass is 32.2. The number of hydrogen-bond donors (Lipinski definition) is 9. The number of aromatic amines is 1. The van der Waals surface area contributed by atoms with Gasteiger partial charge in [0.05, 0.1) is 21.6 Å². The number of aryl methyl sites for hydroxylation is 3. The van der Waals surface area contributed by atoms with Crippen molar-refractivity contribution in [2.75, 3.05) is 23.0 Å². The van der Waals surface area contributed by atoms with Gasteiger partial charge in [0.25, 0.3) is 11.4 Å². The van der Waals surface area contributed by atoms with Crippen molar-refractivity contribution in [1.29, 1.82) is 0 Å². The molecule has 4 atom stereocenters. The first-order chi connectivity index (χ1) is 37.9. The molecule has 1 fully saturated rings. The van der Waals surface area contributed by atoms with E-state index in [1.807, 2.05) is 24.3 Å². The summed E-state index contributed by atoms with van der Waals surface area (Å²) in [4.78, 5) is 142. The average Bonchev–Trinajstić information content (AvgIpc) is 4.25. The predicted molar refractivity (Wildman–Crippen MR) is 292 cm³/mol. The Labute approximate surface area is 457 Å². The van der Waals surface area contributed by atoms with E-state index in [0.717, 1.165) is 42.3 Å². The normalized spacial score (nSPS) is 17.6. The van der Waals surface area contributed by atoms with E-state index < -0.39 is 82.6 Å². The molecule has 1 saturated heterocycles. The van der Waals surface area contributed by atoms with Gasteiger partial charge in [0.2, 0.25) is 35.4 Å². The monoisotopic (exact) mass is 1130 g/mol. The first-order valence-electron chi connectivity index (χ1n) is 25.9. The Morgan fingerprint density at radius 3 is 2.33 bits per heavy atom. The van der Waals surface area contributed by atoms with Gasteiger partial charge < -0.3 is 41.8 Å². The van der Waals surface area contributed by atoms with Crippen molar-refractivity contribution in [3.63, 3.8) is 0 Å². The summed E-state index contributed by atoms with van der Waals surface area (Å²) in [7, 11) is -6.95. The fourth-order valence-corrected chi connectivity index (χ4v) is 11.7. The van der Waals surface area contributed by atoms with Crippen LogP contribution in [0.25, 0.3) is 21.9 Å². The molecule has 9 rings (SSSR count). The maximum atomic E-state index is 14.8. The van der Waals surface area contributed by atoms with Crippen LogP contribution in [-0.2, 0) is 76.0 Å². The molecule has 3 aliphatic rings. The molecule has 0 spiro atoms. The van der Waals surface area contributed by atoms with Crippen molar-refractivity contribution in [3.8, 4) is 0 Å². The van der Waals surface area contributed by atoms with Crippen LogP contribution in [0.1, 0.15) is 101 Å². The number of unbranched alkanes of at least 4 members (excludes halogenated alkanes) is 2. The van der Waals surface area contributed by atoms with Gasteiger partial charge in [0.1, 0.15) is 29.9 Å². The summed E-state index contributed by atoms with van der Waals surface area (Å²) in [5, 5.41) is 14.3. The number of aromatic nitrogens is 3. The minimum atomic E-state index is -5.10. The second-order valence-corrected chi connectivity index (χ2v) is 23.9. The number of primary amides is 1. The molecule has 4 aromatic carbocycles. The number of imide groups is 1. The number of nitrogens with zero attached hydrogens (tertiary/aromatic N) is 3. The maximum absolute atomic E-state index is 14.8. The van der Waals surface area contributed by atoms with Gasteiger partial charge in [-0.25, -0.2) is 13.2 Å². The molecule has 3 aliphatic heterocycles. The van der Waals surface area contributed by atoms with Crippen molar-refractivity contribution in [3.05, 3.63) is 123 Å². The van der Waals surface area contributed by atoms with Gasteiger partial charge in [0, 0.05) is 67.8 Å². The Bertz CT molecular complexity index is 3770. The van der Waals surface area contributed by atoms with Gasteiger partial charge in [-0.15, -0.1) is 0 Å². The van der Waals surface area contributed by atoms with E-state index in [9.17, 15) is 65.9 Å². The summed E-state index contributed by atoms with van der Waals surface area (Å²) in [6.45, 7) is 0.555. The second-order valence-electron chi connectivity index (χ2n) is 20.4. The van der Waals surface area contributed by atoms with Gasteiger partial charge in [0.15, 0.2) is 9.84 Å². The third-order valence-corrected chi connectivity index (χ3v) is 16.6. The van der Waals surface area contributed by atoms with Crippen molar-refractivity contribution >= 4 is 97.6 Å². The smallest absolute Gasteiger partial charge is 0.385 e. The number of piperidine rings is 1. The number of amides is 7. The topological polar surface area (TPSA) is 360 Å². The number of rotatable bonds is 21. The molecule has 0 bridgehead atoms. The van der Waals surface area contributed by atoms with Crippen LogP contribution >= 0.6 is 7.60 Å². The lowest BCUT2D eigenvalue weighted by Gasteiger charge is -2.29. The van der Waals surface area contributed by atoms with Crippen LogP contribution < -0.4 is 42.9 Å². The summed E-state index contributed by atoms with van der Waals surface area (Å²) in [5.74, 6) is -4.31. The number of carbonyl (C=O) groups excluding carboxylic acids is 8. The third kappa shape index (κ3) is 12.1. The van der Waals surface area contributed by atoms with Crippen LogP contribution in [0.5, 0.6) is 0 Å². The molecule has 7 amide bonds. The second kappa shape index (κ2) is 22.8. The van der Waals surface area contributed by atoms with Crippen LogP contribution in [0.15, 0.2) is 88.6 Å². The summed E-state index contributed by atoms with van der Waals surface area (Å²) >= 11 is 0. The molecule has 5 heterocycles. The quantitative estimate of drug-likeness (QED) is 0.0284. The van der Waals surface area contributed by atoms with E-state index in [1.54, 1.807) is 13.1 Å². The summed E-state index contributed by atoms with van der Waals surface area (Å²) in [6, 6.07) is 16.0. The summed E-state index contributed by atoms with van der Waals surface area (Å²) < 4.78 is 38.6. The molecule has 80 heavy (non-hydrogen) atoms. The maximum Gasteiger partial charge on any atom is 0.396 e. The first kappa shape index (κ1) is 56.5. The zero-order valence-corrected chi connectivity index (χ0v) is 45.3.